The minimum absolute atomic E-state index is 0.0279. The van der Waals surface area contributed by atoms with Crippen molar-refractivity contribution in [1.82, 2.24) is 5.32 Å². The average Bonchev–Trinajstić information content (AvgIpc) is 3.04. The van der Waals surface area contributed by atoms with Crippen molar-refractivity contribution in [3.05, 3.63) is 47.9 Å². The molecule has 1 atom stereocenters. The zero-order chi connectivity index (χ0) is 14.7. The molecule has 5 heteroatoms. The van der Waals surface area contributed by atoms with Crippen molar-refractivity contribution in [1.29, 1.82) is 0 Å². The third-order valence-corrected chi connectivity index (χ3v) is 3.56. The van der Waals surface area contributed by atoms with E-state index in [9.17, 15) is 4.79 Å². The smallest absolute Gasteiger partial charge is 0.227 e. The van der Waals surface area contributed by atoms with E-state index >= 15 is 0 Å². The number of methoxy groups -OCH3 is 1. The molecule has 1 N–H and O–H groups in total. The molecular weight excluding hydrogens is 270 g/mol. The SMILES string of the molecule is COc1ccc2c(c1)C[C@H](C(=O)NCc1ccco1)CO2. The highest BCUT2D eigenvalue weighted by Gasteiger charge is 2.26. The van der Waals surface area contributed by atoms with E-state index in [1.165, 1.54) is 0 Å². The first-order valence-electron chi connectivity index (χ1n) is 6.86. The van der Waals surface area contributed by atoms with Crippen molar-refractivity contribution in [3.63, 3.8) is 0 Å². The number of nitrogens with one attached hydrogen (secondary N) is 1. The van der Waals surface area contributed by atoms with Gasteiger partial charge in [-0.05, 0) is 42.3 Å². The van der Waals surface area contributed by atoms with Crippen molar-refractivity contribution < 1.29 is 18.7 Å². The second kappa shape index (κ2) is 5.91. The van der Waals surface area contributed by atoms with Crippen LogP contribution in [0.15, 0.2) is 41.0 Å². The van der Waals surface area contributed by atoms with Gasteiger partial charge < -0.3 is 19.2 Å². The predicted octanol–water partition coefficient (Wildman–Crippen LogP) is 2.16. The summed E-state index contributed by atoms with van der Waals surface area (Å²) in [7, 11) is 1.62. The van der Waals surface area contributed by atoms with E-state index in [4.69, 9.17) is 13.9 Å². The third-order valence-electron chi connectivity index (χ3n) is 3.56. The number of hydrogen-bond donors (Lipinski definition) is 1. The molecule has 3 rings (SSSR count). The Morgan fingerprint density at radius 2 is 2.33 bits per heavy atom. The van der Waals surface area contributed by atoms with Crippen molar-refractivity contribution in [2.45, 2.75) is 13.0 Å². The molecule has 2 heterocycles. The number of amides is 1. The maximum Gasteiger partial charge on any atom is 0.227 e. The molecule has 0 saturated carbocycles. The van der Waals surface area contributed by atoms with E-state index in [0.29, 0.717) is 19.6 Å². The number of carbonyl (C=O) groups excluding carboxylic acids is 1. The van der Waals surface area contributed by atoms with Gasteiger partial charge >= 0.3 is 0 Å². The Labute approximate surface area is 122 Å². The van der Waals surface area contributed by atoms with Crippen LogP contribution in [0.5, 0.6) is 11.5 Å². The van der Waals surface area contributed by atoms with E-state index in [1.807, 2.05) is 24.3 Å². The summed E-state index contributed by atoms with van der Waals surface area (Å²) in [5.41, 5.74) is 0.999. The molecule has 21 heavy (non-hydrogen) atoms. The Morgan fingerprint density at radius 3 is 3.10 bits per heavy atom. The van der Waals surface area contributed by atoms with Crippen LogP contribution in [0.25, 0.3) is 0 Å². The highest BCUT2D eigenvalue weighted by atomic mass is 16.5. The minimum atomic E-state index is -0.195. The fourth-order valence-electron chi connectivity index (χ4n) is 2.40. The fourth-order valence-corrected chi connectivity index (χ4v) is 2.40. The van der Waals surface area contributed by atoms with Crippen LogP contribution in [0.3, 0.4) is 0 Å². The van der Waals surface area contributed by atoms with Crippen LogP contribution in [0.4, 0.5) is 0 Å². The molecule has 2 aromatic rings. The molecule has 1 aliphatic rings. The summed E-state index contributed by atoms with van der Waals surface area (Å²) in [6, 6.07) is 9.29. The Bertz CT molecular complexity index is 621. The van der Waals surface area contributed by atoms with Gasteiger partial charge in [0, 0.05) is 0 Å². The molecule has 0 fully saturated rings. The Kier molecular flexibility index (Phi) is 3.81. The molecule has 0 spiro atoms. The van der Waals surface area contributed by atoms with Crippen molar-refractivity contribution in [3.8, 4) is 11.5 Å². The van der Waals surface area contributed by atoms with Crippen LogP contribution in [0.2, 0.25) is 0 Å². The summed E-state index contributed by atoms with van der Waals surface area (Å²) in [4.78, 5) is 12.2. The van der Waals surface area contributed by atoms with Crippen LogP contribution >= 0.6 is 0 Å². The lowest BCUT2D eigenvalue weighted by Crippen LogP contribution is -2.36. The maximum atomic E-state index is 12.2. The maximum absolute atomic E-state index is 12.2. The zero-order valence-electron chi connectivity index (χ0n) is 11.8. The van der Waals surface area contributed by atoms with E-state index in [-0.39, 0.29) is 11.8 Å². The number of ether oxygens (including phenoxy) is 2. The summed E-state index contributed by atoms with van der Waals surface area (Å²) in [5, 5.41) is 2.87. The second-order valence-electron chi connectivity index (χ2n) is 4.98. The third kappa shape index (κ3) is 3.02. The molecule has 0 saturated heterocycles. The molecule has 0 aliphatic carbocycles. The van der Waals surface area contributed by atoms with Gasteiger partial charge in [0.25, 0.3) is 0 Å². The molecule has 1 aliphatic heterocycles. The molecule has 1 aromatic carbocycles. The Balaban J connectivity index is 1.63. The average molecular weight is 287 g/mol. The fraction of sp³-hybridized carbons (Fsp3) is 0.312. The van der Waals surface area contributed by atoms with E-state index in [0.717, 1.165) is 22.8 Å². The second-order valence-corrected chi connectivity index (χ2v) is 4.98. The molecule has 0 radical (unpaired) electrons. The first-order chi connectivity index (χ1) is 10.3. The molecule has 1 aromatic heterocycles. The Morgan fingerprint density at radius 1 is 1.43 bits per heavy atom. The van der Waals surface area contributed by atoms with Crippen LogP contribution in [0, 0.1) is 5.92 Å². The summed E-state index contributed by atoms with van der Waals surface area (Å²) < 4.78 is 16.1. The first kappa shape index (κ1) is 13.5. The standard InChI is InChI=1S/C16H17NO4/c1-19-13-4-5-15-11(8-13)7-12(10-21-15)16(18)17-9-14-3-2-6-20-14/h2-6,8,12H,7,9-10H2,1H3,(H,17,18)/t12-/m0/s1. The van der Waals surface area contributed by atoms with Crippen LogP contribution in [-0.4, -0.2) is 19.6 Å². The van der Waals surface area contributed by atoms with E-state index in [1.54, 1.807) is 19.4 Å². The number of fused-ring (bicyclic) bond motifs is 1. The summed E-state index contributed by atoms with van der Waals surface area (Å²) in [5.74, 6) is 2.11. The van der Waals surface area contributed by atoms with Crippen molar-refractivity contribution in [2.75, 3.05) is 13.7 Å². The molecule has 0 unspecified atom stereocenters. The van der Waals surface area contributed by atoms with Crippen LogP contribution in [0.1, 0.15) is 11.3 Å². The van der Waals surface area contributed by atoms with Gasteiger partial charge in [-0.3, -0.25) is 4.79 Å². The number of rotatable bonds is 4. The monoisotopic (exact) mass is 287 g/mol. The van der Waals surface area contributed by atoms with Gasteiger partial charge in [-0.1, -0.05) is 0 Å². The Hall–Kier alpha value is -2.43. The molecular formula is C16H17NO4. The van der Waals surface area contributed by atoms with Crippen molar-refractivity contribution in [2.24, 2.45) is 5.92 Å². The quantitative estimate of drug-likeness (QED) is 0.936. The first-order valence-corrected chi connectivity index (χ1v) is 6.86. The lowest BCUT2D eigenvalue weighted by Gasteiger charge is -2.24. The summed E-state index contributed by atoms with van der Waals surface area (Å²) >= 11 is 0. The normalized spacial score (nSPS) is 16.7. The van der Waals surface area contributed by atoms with Gasteiger partial charge in [-0.25, -0.2) is 0 Å². The van der Waals surface area contributed by atoms with Crippen LogP contribution in [-0.2, 0) is 17.8 Å². The van der Waals surface area contributed by atoms with Gasteiger partial charge in [0.2, 0.25) is 5.91 Å². The molecule has 110 valence electrons. The van der Waals surface area contributed by atoms with Gasteiger partial charge in [-0.2, -0.15) is 0 Å². The highest BCUT2D eigenvalue weighted by molar-refractivity contribution is 5.79. The van der Waals surface area contributed by atoms with Gasteiger partial charge in [0.05, 0.1) is 25.8 Å². The lowest BCUT2D eigenvalue weighted by molar-refractivity contribution is -0.126. The molecule has 1 amide bonds. The van der Waals surface area contributed by atoms with Gasteiger partial charge in [0.1, 0.15) is 23.9 Å². The van der Waals surface area contributed by atoms with E-state index < -0.39 is 0 Å². The van der Waals surface area contributed by atoms with E-state index in [2.05, 4.69) is 5.32 Å². The van der Waals surface area contributed by atoms with Gasteiger partial charge in [0.15, 0.2) is 0 Å². The van der Waals surface area contributed by atoms with Crippen LogP contribution < -0.4 is 14.8 Å². The summed E-state index contributed by atoms with van der Waals surface area (Å²) in [6.07, 6.45) is 2.24. The number of benzene rings is 1. The van der Waals surface area contributed by atoms with Crippen molar-refractivity contribution >= 4 is 5.91 Å². The molecule has 0 bridgehead atoms. The zero-order valence-corrected chi connectivity index (χ0v) is 11.8. The van der Waals surface area contributed by atoms with Gasteiger partial charge in [-0.15, -0.1) is 0 Å². The summed E-state index contributed by atoms with van der Waals surface area (Å²) in [6.45, 7) is 0.788. The topological polar surface area (TPSA) is 60.7 Å². The number of carbonyl (C=O) groups is 1. The highest BCUT2D eigenvalue weighted by Crippen LogP contribution is 2.30. The number of hydrogen-bond acceptors (Lipinski definition) is 4. The minimum Gasteiger partial charge on any atom is -0.497 e. The largest absolute Gasteiger partial charge is 0.497 e. The lowest BCUT2D eigenvalue weighted by atomic mass is 9.96. The predicted molar refractivity (Wildman–Crippen MR) is 76.2 cm³/mol. The molecule has 5 nitrogen and oxygen atoms in total. The number of furan rings is 1.